The first-order valence-corrected chi connectivity index (χ1v) is 9.89. The average Bonchev–Trinajstić information content (AvgIpc) is 3.37. The van der Waals surface area contributed by atoms with Gasteiger partial charge in [0.25, 0.3) is 5.91 Å². The monoisotopic (exact) mass is 391 g/mol. The number of nitrogens with one attached hydrogen (secondary N) is 1. The van der Waals surface area contributed by atoms with Crippen molar-refractivity contribution in [2.75, 3.05) is 6.61 Å². The number of ether oxygens (including phenoxy) is 1. The third-order valence-corrected chi connectivity index (χ3v) is 5.33. The van der Waals surface area contributed by atoms with E-state index in [0.29, 0.717) is 18.1 Å². The van der Waals surface area contributed by atoms with Crippen molar-refractivity contribution in [2.45, 2.75) is 31.5 Å². The van der Waals surface area contributed by atoms with Gasteiger partial charge in [0.15, 0.2) is 6.61 Å². The number of nitrogens with zero attached hydrogens (tertiary/aromatic N) is 2. The molecule has 2 aromatic carbocycles. The van der Waals surface area contributed by atoms with E-state index in [0.717, 1.165) is 24.1 Å². The summed E-state index contributed by atoms with van der Waals surface area (Å²) >= 11 is 0. The van der Waals surface area contributed by atoms with Crippen LogP contribution in [-0.2, 0) is 11.3 Å². The number of imidazole rings is 1. The molecule has 0 radical (unpaired) electrons. The maximum Gasteiger partial charge on any atom is 0.258 e. The molecule has 1 amide bonds. The SMILES string of the molecule is O=C(COc1ccc(-c2ccccc2)cc1)N[C@@H]1CC(Cn2ccnc2)C[C@H]1O. The Hall–Kier alpha value is -3.12. The van der Waals surface area contributed by atoms with Crippen LogP contribution in [-0.4, -0.2) is 39.3 Å². The second-order valence-corrected chi connectivity index (χ2v) is 7.52. The zero-order valence-corrected chi connectivity index (χ0v) is 16.1. The van der Waals surface area contributed by atoms with Gasteiger partial charge in [-0.15, -0.1) is 0 Å². The number of carbonyl (C=O) groups is 1. The van der Waals surface area contributed by atoms with Crippen LogP contribution >= 0.6 is 0 Å². The minimum Gasteiger partial charge on any atom is -0.484 e. The van der Waals surface area contributed by atoms with Crippen molar-refractivity contribution in [1.29, 1.82) is 0 Å². The van der Waals surface area contributed by atoms with E-state index in [2.05, 4.69) is 22.4 Å². The highest BCUT2D eigenvalue weighted by Crippen LogP contribution is 2.27. The van der Waals surface area contributed by atoms with Crippen molar-refractivity contribution in [3.63, 3.8) is 0 Å². The zero-order chi connectivity index (χ0) is 20.1. The molecular weight excluding hydrogens is 366 g/mol. The summed E-state index contributed by atoms with van der Waals surface area (Å²) in [5.74, 6) is 0.741. The molecule has 2 N–H and O–H groups in total. The van der Waals surface area contributed by atoms with Gasteiger partial charge in [0.05, 0.1) is 18.5 Å². The normalized spacial score (nSPS) is 21.1. The van der Waals surface area contributed by atoms with Gasteiger partial charge in [-0.1, -0.05) is 42.5 Å². The van der Waals surface area contributed by atoms with Crippen molar-refractivity contribution < 1.29 is 14.6 Å². The molecule has 1 aliphatic carbocycles. The summed E-state index contributed by atoms with van der Waals surface area (Å²) in [6.45, 7) is 0.730. The first-order chi connectivity index (χ1) is 14.2. The molecule has 0 saturated heterocycles. The molecule has 1 fully saturated rings. The van der Waals surface area contributed by atoms with Crippen LogP contribution in [0.1, 0.15) is 12.8 Å². The molecule has 4 rings (SSSR count). The van der Waals surface area contributed by atoms with Gasteiger partial charge in [0.1, 0.15) is 5.75 Å². The lowest BCUT2D eigenvalue weighted by molar-refractivity contribution is -0.124. The summed E-state index contributed by atoms with van der Waals surface area (Å²) in [4.78, 5) is 16.3. The molecule has 1 unspecified atom stereocenters. The predicted octanol–water partition coefficient (Wildman–Crippen LogP) is 2.88. The van der Waals surface area contributed by atoms with Gasteiger partial charge in [-0.2, -0.15) is 0 Å². The van der Waals surface area contributed by atoms with Crippen molar-refractivity contribution in [2.24, 2.45) is 5.92 Å². The Morgan fingerprint density at radius 3 is 2.59 bits per heavy atom. The fourth-order valence-electron chi connectivity index (χ4n) is 3.89. The Labute approximate surface area is 170 Å². The van der Waals surface area contributed by atoms with Gasteiger partial charge < -0.3 is 19.7 Å². The number of carbonyl (C=O) groups excluding carboxylic acids is 1. The Balaban J connectivity index is 1.24. The first kappa shape index (κ1) is 19.2. The second-order valence-electron chi connectivity index (χ2n) is 7.52. The molecule has 0 spiro atoms. The largest absolute Gasteiger partial charge is 0.484 e. The van der Waals surface area contributed by atoms with Crippen LogP contribution in [0.2, 0.25) is 0 Å². The molecule has 1 saturated carbocycles. The molecule has 6 heteroatoms. The standard InChI is InChI=1S/C23H25N3O3/c27-22-13-17(14-26-11-10-24-16-26)12-21(22)25-23(28)15-29-20-8-6-19(7-9-20)18-4-2-1-3-5-18/h1-11,16-17,21-22,27H,12-15H2,(H,25,28)/t17?,21-,22-/m1/s1. The lowest BCUT2D eigenvalue weighted by atomic mass is 10.1. The number of rotatable bonds is 7. The van der Waals surface area contributed by atoms with Crippen LogP contribution < -0.4 is 10.1 Å². The van der Waals surface area contributed by atoms with Gasteiger partial charge in [-0.25, -0.2) is 4.98 Å². The van der Waals surface area contributed by atoms with E-state index in [9.17, 15) is 9.90 Å². The maximum absolute atomic E-state index is 12.3. The van der Waals surface area contributed by atoms with Crippen LogP contribution in [0, 0.1) is 5.92 Å². The minimum atomic E-state index is -0.530. The van der Waals surface area contributed by atoms with E-state index in [4.69, 9.17) is 4.74 Å². The summed E-state index contributed by atoms with van der Waals surface area (Å²) in [5, 5.41) is 13.2. The topological polar surface area (TPSA) is 76.4 Å². The molecule has 0 aliphatic heterocycles. The lowest BCUT2D eigenvalue weighted by Crippen LogP contribution is -2.42. The number of benzene rings is 2. The van der Waals surface area contributed by atoms with Crippen molar-refractivity contribution in [3.05, 3.63) is 73.3 Å². The summed E-state index contributed by atoms with van der Waals surface area (Å²) in [6.07, 6.45) is 6.32. The Morgan fingerprint density at radius 1 is 1.10 bits per heavy atom. The number of aromatic nitrogens is 2. The van der Waals surface area contributed by atoms with Gasteiger partial charge in [-0.3, -0.25) is 4.79 Å². The zero-order valence-electron chi connectivity index (χ0n) is 16.1. The summed E-state index contributed by atoms with van der Waals surface area (Å²) in [7, 11) is 0. The Morgan fingerprint density at radius 2 is 1.86 bits per heavy atom. The van der Waals surface area contributed by atoms with E-state index in [1.807, 2.05) is 53.2 Å². The van der Waals surface area contributed by atoms with E-state index in [1.165, 1.54) is 0 Å². The van der Waals surface area contributed by atoms with Crippen LogP contribution in [0.5, 0.6) is 5.75 Å². The second kappa shape index (κ2) is 8.92. The number of hydrogen-bond donors (Lipinski definition) is 2. The van der Waals surface area contributed by atoms with Crippen LogP contribution in [0.3, 0.4) is 0 Å². The summed E-state index contributed by atoms with van der Waals surface area (Å²) in [6, 6.07) is 17.5. The van der Waals surface area contributed by atoms with Gasteiger partial charge in [0, 0.05) is 18.9 Å². The smallest absolute Gasteiger partial charge is 0.258 e. The fourth-order valence-corrected chi connectivity index (χ4v) is 3.89. The van der Waals surface area contributed by atoms with Gasteiger partial charge >= 0.3 is 0 Å². The number of hydrogen-bond acceptors (Lipinski definition) is 4. The van der Waals surface area contributed by atoms with E-state index in [-0.39, 0.29) is 18.6 Å². The highest BCUT2D eigenvalue weighted by molar-refractivity contribution is 5.78. The number of aliphatic hydroxyl groups is 1. The molecule has 1 aromatic heterocycles. The molecule has 150 valence electrons. The first-order valence-electron chi connectivity index (χ1n) is 9.89. The Kier molecular flexibility index (Phi) is 5.91. The van der Waals surface area contributed by atoms with Crippen LogP contribution in [0.25, 0.3) is 11.1 Å². The molecule has 29 heavy (non-hydrogen) atoms. The van der Waals surface area contributed by atoms with E-state index < -0.39 is 6.10 Å². The summed E-state index contributed by atoms with van der Waals surface area (Å²) in [5.41, 5.74) is 2.23. The third kappa shape index (κ3) is 5.03. The molecule has 3 atom stereocenters. The molecule has 0 bridgehead atoms. The maximum atomic E-state index is 12.3. The Bertz CT molecular complexity index is 910. The minimum absolute atomic E-state index is 0.0694. The third-order valence-electron chi connectivity index (χ3n) is 5.33. The van der Waals surface area contributed by atoms with E-state index in [1.54, 1.807) is 12.5 Å². The van der Waals surface area contributed by atoms with Crippen LogP contribution in [0.4, 0.5) is 0 Å². The molecule has 1 aliphatic rings. The fraction of sp³-hybridized carbons (Fsp3) is 0.304. The molecule has 3 aromatic rings. The highest BCUT2D eigenvalue weighted by atomic mass is 16.5. The van der Waals surface area contributed by atoms with Crippen molar-refractivity contribution >= 4 is 5.91 Å². The van der Waals surface area contributed by atoms with Crippen molar-refractivity contribution in [3.8, 4) is 16.9 Å². The average molecular weight is 391 g/mol. The van der Waals surface area contributed by atoms with Crippen LogP contribution in [0.15, 0.2) is 73.3 Å². The van der Waals surface area contributed by atoms with Gasteiger partial charge in [0.2, 0.25) is 0 Å². The predicted molar refractivity (Wildman–Crippen MR) is 110 cm³/mol. The molecule has 1 heterocycles. The molecular formula is C23H25N3O3. The number of aliphatic hydroxyl groups excluding tert-OH is 1. The quantitative estimate of drug-likeness (QED) is 0.649. The molecule has 6 nitrogen and oxygen atoms in total. The van der Waals surface area contributed by atoms with Gasteiger partial charge in [-0.05, 0) is 42.0 Å². The lowest BCUT2D eigenvalue weighted by Gasteiger charge is -2.17. The highest BCUT2D eigenvalue weighted by Gasteiger charge is 2.34. The van der Waals surface area contributed by atoms with E-state index >= 15 is 0 Å². The number of amides is 1. The summed E-state index contributed by atoms with van der Waals surface area (Å²) < 4.78 is 7.61. The van der Waals surface area contributed by atoms with Crippen molar-refractivity contribution in [1.82, 2.24) is 14.9 Å².